The van der Waals surface area contributed by atoms with E-state index in [0.29, 0.717) is 13.1 Å². The van der Waals surface area contributed by atoms with E-state index in [1.54, 1.807) is 11.0 Å². The van der Waals surface area contributed by atoms with Crippen molar-refractivity contribution in [2.24, 2.45) is 0 Å². The molecule has 0 aliphatic carbocycles. The Kier molecular flexibility index (Phi) is 4.93. The van der Waals surface area contributed by atoms with E-state index in [-0.39, 0.29) is 11.9 Å². The first-order valence-corrected chi connectivity index (χ1v) is 6.46. The van der Waals surface area contributed by atoms with E-state index in [1.807, 2.05) is 20.8 Å². The highest BCUT2D eigenvalue weighted by molar-refractivity contribution is 5.88. The smallest absolute Gasteiger partial charge is 0.410 e. The Balaban J connectivity index is 2.70. The van der Waals surface area contributed by atoms with Crippen molar-refractivity contribution in [3.63, 3.8) is 0 Å². The molecule has 4 nitrogen and oxygen atoms in total. The van der Waals surface area contributed by atoms with Crippen molar-refractivity contribution in [1.29, 1.82) is 0 Å². The van der Waals surface area contributed by atoms with Crippen LogP contribution in [0.2, 0.25) is 0 Å². The lowest BCUT2D eigenvalue weighted by Gasteiger charge is -2.26. The highest BCUT2D eigenvalue weighted by atomic mass is 16.6. The second-order valence-electron chi connectivity index (χ2n) is 5.77. The Morgan fingerprint density at radius 3 is 2.50 bits per heavy atom. The maximum Gasteiger partial charge on any atom is 0.410 e. The summed E-state index contributed by atoms with van der Waals surface area (Å²) in [4.78, 5) is 24.8. The number of likely N-dealkylation sites (tertiary alicyclic amines) is 1. The lowest BCUT2D eigenvalue weighted by Crippen LogP contribution is -2.37. The molecule has 1 heterocycles. The number of hydrogen-bond donors (Lipinski definition) is 0. The quantitative estimate of drug-likeness (QED) is 0.675. The molecule has 18 heavy (non-hydrogen) atoms. The van der Waals surface area contributed by atoms with Crippen molar-refractivity contribution in [2.75, 3.05) is 13.1 Å². The van der Waals surface area contributed by atoms with Gasteiger partial charge in [0.15, 0.2) is 5.78 Å². The zero-order chi connectivity index (χ0) is 13.8. The van der Waals surface area contributed by atoms with Crippen molar-refractivity contribution in [1.82, 2.24) is 4.90 Å². The molecule has 1 fully saturated rings. The van der Waals surface area contributed by atoms with Gasteiger partial charge in [-0.25, -0.2) is 4.79 Å². The molecule has 0 aromatic heterocycles. The van der Waals surface area contributed by atoms with Crippen LogP contribution in [0.25, 0.3) is 0 Å². The molecule has 0 aromatic rings. The van der Waals surface area contributed by atoms with Crippen LogP contribution in [0.15, 0.2) is 11.6 Å². The number of carbonyl (C=O) groups is 2. The molecule has 0 aromatic carbocycles. The maximum absolute atomic E-state index is 12.0. The summed E-state index contributed by atoms with van der Waals surface area (Å²) < 4.78 is 5.36. The predicted octanol–water partition coefficient (Wildman–Crippen LogP) is 2.92. The van der Waals surface area contributed by atoms with Gasteiger partial charge in [0.05, 0.1) is 0 Å². The predicted molar refractivity (Wildman–Crippen MR) is 70.4 cm³/mol. The molecular formula is C14H23NO3. The number of rotatable bonds is 1. The number of carbonyl (C=O) groups excluding carboxylic acids is 2. The van der Waals surface area contributed by atoms with Crippen LogP contribution in [0.1, 0.15) is 47.0 Å². The minimum absolute atomic E-state index is 0.0380. The monoisotopic (exact) mass is 253 g/mol. The Labute approximate surface area is 109 Å². The fourth-order valence-electron chi connectivity index (χ4n) is 1.95. The number of nitrogens with zero attached hydrogens (tertiary/aromatic N) is 1. The summed E-state index contributed by atoms with van der Waals surface area (Å²) in [6, 6.07) is 0. The average Bonchev–Trinajstić information content (AvgIpc) is 2.39. The molecule has 0 atom stereocenters. The van der Waals surface area contributed by atoms with Crippen LogP contribution in [0.3, 0.4) is 0 Å². The van der Waals surface area contributed by atoms with Gasteiger partial charge in [-0.05, 0) is 58.6 Å². The summed E-state index contributed by atoms with van der Waals surface area (Å²) in [5.41, 5.74) is 0.541. The number of ketones is 1. The van der Waals surface area contributed by atoms with Gasteiger partial charge in [-0.15, -0.1) is 0 Å². The molecule has 1 saturated heterocycles. The summed E-state index contributed by atoms with van der Waals surface area (Å²) >= 11 is 0. The first-order chi connectivity index (χ1) is 8.28. The number of hydrogen-bond acceptors (Lipinski definition) is 3. The molecule has 1 amide bonds. The van der Waals surface area contributed by atoms with Crippen LogP contribution < -0.4 is 0 Å². The number of amides is 1. The third-order valence-corrected chi connectivity index (χ3v) is 2.63. The minimum atomic E-state index is -0.478. The van der Waals surface area contributed by atoms with Crippen LogP contribution >= 0.6 is 0 Å². The lowest BCUT2D eigenvalue weighted by molar-refractivity contribution is -0.112. The van der Waals surface area contributed by atoms with Crippen molar-refractivity contribution < 1.29 is 14.3 Å². The highest BCUT2D eigenvalue weighted by Gasteiger charge is 2.24. The van der Waals surface area contributed by atoms with Crippen molar-refractivity contribution in [3.05, 3.63) is 11.6 Å². The van der Waals surface area contributed by atoms with Crippen molar-refractivity contribution >= 4 is 11.9 Å². The van der Waals surface area contributed by atoms with E-state index < -0.39 is 5.60 Å². The Morgan fingerprint density at radius 1 is 1.28 bits per heavy atom. The van der Waals surface area contributed by atoms with Gasteiger partial charge >= 0.3 is 6.09 Å². The average molecular weight is 253 g/mol. The molecule has 0 spiro atoms. The standard InChI is InChI=1S/C14H23NO3/c1-11(16)9-12-7-5-6-8-15(10-12)13(17)18-14(2,3)4/h9H,5-8,10H2,1-4H3. The molecule has 1 aliphatic rings. The molecule has 0 bridgehead atoms. The summed E-state index contributed by atoms with van der Waals surface area (Å²) in [5, 5.41) is 0. The van der Waals surface area contributed by atoms with Crippen molar-refractivity contribution in [2.45, 2.75) is 52.6 Å². The van der Waals surface area contributed by atoms with E-state index in [2.05, 4.69) is 0 Å². The molecular weight excluding hydrogens is 230 g/mol. The third kappa shape index (κ3) is 5.34. The van der Waals surface area contributed by atoms with Crippen LogP contribution in [0.5, 0.6) is 0 Å². The first-order valence-electron chi connectivity index (χ1n) is 6.46. The fraction of sp³-hybridized carbons (Fsp3) is 0.714. The summed E-state index contributed by atoms with van der Waals surface area (Å²) in [6.07, 6.45) is 4.20. The normalized spacial score (nSPS) is 19.6. The maximum atomic E-state index is 12.0. The van der Waals surface area contributed by atoms with Gasteiger partial charge in [-0.1, -0.05) is 0 Å². The van der Waals surface area contributed by atoms with Gasteiger partial charge in [0.1, 0.15) is 5.60 Å². The second-order valence-corrected chi connectivity index (χ2v) is 5.77. The third-order valence-electron chi connectivity index (χ3n) is 2.63. The number of ether oxygens (including phenoxy) is 1. The van der Waals surface area contributed by atoms with E-state index in [0.717, 1.165) is 24.8 Å². The molecule has 102 valence electrons. The minimum Gasteiger partial charge on any atom is -0.444 e. The van der Waals surface area contributed by atoms with Gasteiger partial charge in [-0.2, -0.15) is 0 Å². The van der Waals surface area contributed by atoms with Crippen LogP contribution in [-0.4, -0.2) is 35.5 Å². The second kappa shape index (κ2) is 6.03. The summed E-state index contributed by atoms with van der Waals surface area (Å²) in [5.74, 6) is 0.0380. The Bertz CT molecular complexity index is 353. The van der Waals surface area contributed by atoms with Gasteiger partial charge < -0.3 is 9.64 Å². The Hall–Kier alpha value is -1.32. The van der Waals surface area contributed by atoms with Gasteiger partial charge in [0, 0.05) is 13.1 Å². The van der Waals surface area contributed by atoms with Crippen molar-refractivity contribution in [3.8, 4) is 0 Å². The van der Waals surface area contributed by atoms with E-state index >= 15 is 0 Å². The van der Waals surface area contributed by atoms with Gasteiger partial charge in [-0.3, -0.25) is 4.79 Å². The zero-order valence-corrected chi connectivity index (χ0v) is 11.8. The first kappa shape index (κ1) is 14.7. The topological polar surface area (TPSA) is 46.6 Å². The number of allylic oxidation sites excluding steroid dienone is 1. The molecule has 0 radical (unpaired) electrons. The van der Waals surface area contributed by atoms with Crippen LogP contribution in [-0.2, 0) is 9.53 Å². The van der Waals surface area contributed by atoms with E-state index in [9.17, 15) is 9.59 Å². The van der Waals surface area contributed by atoms with Gasteiger partial charge in [0.2, 0.25) is 0 Å². The van der Waals surface area contributed by atoms with Gasteiger partial charge in [0.25, 0.3) is 0 Å². The summed E-state index contributed by atoms with van der Waals surface area (Å²) in [6.45, 7) is 8.31. The molecule has 0 N–H and O–H groups in total. The molecule has 1 rings (SSSR count). The van der Waals surface area contributed by atoms with Crippen LogP contribution in [0.4, 0.5) is 4.79 Å². The van der Waals surface area contributed by atoms with Crippen LogP contribution in [0, 0.1) is 0 Å². The largest absolute Gasteiger partial charge is 0.444 e. The van der Waals surface area contributed by atoms with E-state index in [4.69, 9.17) is 4.74 Å². The fourth-order valence-corrected chi connectivity index (χ4v) is 1.95. The zero-order valence-electron chi connectivity index (χ0n) is 11.8. The SMILES string of the molecule is CC(=O)C=C1CCCCN(C(=O)OC(C)(C)C)C1. The molecule has 1 aliphatic heterocycles. The molecule has 0 unspecified atom stereocenters. The summed E-state index contributed by atoms with van der Waals surface area (Å²) in [7, 11) is 0. The van der Waals surface area contributed by atoms with E-state index in [1.165, 1.54) is 6.92 Å². The Morgan fingerprint density at radius 2 is 1.94 bits per heavy atom. The molecule has 4 heteroatoms. The molecule has 0 saturated carbocycles. The highest BCUT2D eigenvalue weighted by Crippen LogP contribution is 2.18. The lowest BCUT2D eigenvalue weighted by atomic mass is 10.1.